The van der Waals surface area contributed by atoms with Crippen molar-refractivity contribution in [3.63, 3.8) is 0 Å². The zero-order valence-electron chi connectivity index (χ0n) is 16.3. The zero-order valence-corrected chi connectivity index (χ0v) is 17.1. The highest BCUT2D eigenvalue weighted by Gasteiger charge is 2.47. The molecule has 1 fully saturated rings. The standard InChI is InChI=1S/C23H17ClFNO5/c1-30-13-8-9-17(24)16(11-13)21(27)19-20(15-6-2-3-7-18(15)25)26(23(29)22(19)28)12-14-5-4-10-31-14/h2-11,20,27H,12H2,1H3/b21-19+. The number of rotatable bonds is 5. The number of benzene rings is 2. The van der Waals surface area contributed by atoms with Gasteiger partial charge in [0.05, 0.1) is 36.6 Å². The van der Waals surface area contributed by atoms with Gasteiger partial charge in [0.2, 0.25) is 0 Å². The molecule has 158 valence electrons. The Bertz CT molecular complexity index is 1190. The van der Waals surface area contributed by atoms with Crippen molar-refractivity contribution in [1.29, 1.82) is 0 Å². The number of hydrogen-bond acceptors (Lipinski definition) is 5. The van der Waals surface area contributed by atoms with Gasteiger partial charge in [0.25, 0.3) is 11.7 Å². The minimum Gasteiger partial charge on any atom is -0.507 e. The van der Waals surface area contributed by atoms with E-state index in [2.05, 4.69) is 0 Å². The number of likely N-dealkylation sites (tertiary alicyclic amines) is 1. The minimum absolute atomic E-state index is 0.0637. The minimum atomic E-state index is -1.17. The van der Waals surface area contributed by atoms with Gasteiger partial charge in [-0.05, 0) is 36.4 Å². The van der Waals surface area contributed by atoms with E-state index in [0.29, 0.717) is 11.5 Å². The lowest BCUT2D eigenvalue weighted by Gasteiger charge is -2.25. The molecule has 1 unspecified atom stereocenters. The van der Waals surface area contributed by atoms with Gasteiger partial charge in [-0.1, -0.05) is 29.8 Å². The zero-order chi connectivity index (χ0) is 22.1. The summed E-state index contributed by atoms with van der Waals surface area (Å²) >= 11 is 6.24. The Morgan fingerprint density at radius 1 is 1.19 bits per heavy atom. The summed E-state index contributed by atoms with van der Waals surface area (Å²) in [7, 11) is 1.44. The normalized spacial score (nSPS) is 17.9. The van der Waals surface area contributed by atoms with E-state index < -0.39 is 29.3 Å². The van der Waals surface area contributed by atoms with Crippen LogP contribution in [0.25, 0.3) is 5.76 Å². The third-order valence-corrected chi connectivity index (χ3v) is 5.40. The molecule has 4 rings (SSSR count). The summed E-state index contributed by atoms with van der Waals surface area (Å²) in [5.41, 5.74) is -0.107. The first-order chi connectivity index (χ1) is 14.9. The van der Waals surface area contributed by atoms with E-state index in [1.165, 1.54) is 48.6 Å². The Labute approximate surface area is 182 Å². The highest BCUT2D eigenvalue weighted by molar-refractivity contribution is 6.47. The van der Waals surface area contributed by atoms with Crippen LogP contribution in [0.2, 0.25) is 5.02 Å². The molecule has 6 nitrogen and oxygen atoms in total. The van der Waals surface area contributed by atoms with Crippen LogP contribution < -0.4 is 4.74 Å². The first-order valence-corrected chi connectivity index (χ1v) is 9.69. The number of aliphatic hydroxyl groups excluding tert-OH is 1. The molecule has 0 aliphatic carbocycles. The lowest BCUT2D eigenvalue weighted by Crippen LogP contribution is -2.29. The Balaban J connectivity index is 1.93. The fourth-order valence-corrected chi connectivity index (χ4v) is 3.80. The second kappa shape index (κ2) is 8.28. The molecule has 1 aliphatic rings. The molecule has 1 saturated heterocycles. The van der Waals surface area contributed by atoms with Gasteiger partial charge < -0.3 is 19.2 Å². The highest BCUT2D eigenvalue weighted by atomic mass is 35.5. The van der Waals surface area contributed by atoms with Crippen LogP contribution in [0, 0.1) is 5.82 Å². The van der Waals surface area contributed by atoms with Crippen LogP contribution in [0.15, 0.2) is 70.9 Å². The van der Waals surface area contributed by atoms with Crippen molar-refractivity contribution < 1.29 is 28.2 Å². The van der Waals surface area contributed by atoms with E-state index in [1.54, 1.807) is 24.3 Å². The van der Waals surface area contributed by atoms with E-state index in [-0.39, 0.29) is 28.3 Å². The maximum Gasteiger partial charge on any atom is 0.296 e. The van der Waals surface area contributed by atoms with Gasteiger partial charge in [-0.15, -0.1) is 0 Å². The topological polar surface area (TPSA) is 80.0 Å². The number of ether oxygens (including phenoxy) is 1. The highest BCUT2D eigenvalue weighted by Crippen LogP contribution is 2.42. The first-order valence-electron chi connectivity index (χ1n) is 9.31. The number of nitrogens with zero attached hydrogens (tertiary/aromatic N) is 1. The summed E-state index contributed by atoms with van der Waals surface area (Å²) < 4.78 is 25.2. The molecular weight excluding hydrogens is 425 g/mol. The number of halogens is 2. The second-order valence-electron chi connectivity index (χ2n) is 6.87. The van der Waals surface area contributed by atoms with Gasteiger partial charge >= 0.3 is 0 Å². The van der Waals surface area contributed by atoms with Gasteiger partial charge in [0.15, 0.2) is 0 Å². The maximum absolute atomic E-state index is 14.8. The van der Waals surface area contributed by atoms with Gasteiger partial charge in [-0.25, -0.2) is 4.39 Å². The predicted octanol–water partition coefficient (Wildman–Crippen LogP) is 4.70. The fourth-order valence-electron chi connectivity index (χ4n) is 3.59. The molecule has 8 heteroatoms. The molecule has 1 aliphatic heterocycles. The maximum atomic E-state index is 14.8. The molecule has 3 aromatic rings. The third kappa shape index (κ3) is 3.68. The van der Waals surface area contributed by atoms with Crippen molar-refractivity contribution in [3.05, 3.63) is 94.2 Å². The summed E-state index contributed by atoms with van der Waals surface area (Å²) in [6.07, 6.45) is 1.43. The summed E-state index contributed by atoms with van der Waals surface area (Å²) in [5, 5.41) is 11.2. The van der Waals surface area contributed by atoms with Crippen LogP contribution in [0.3, 0.4) is 0 Å². The molecule has 1 amide bonds. The molecule has 1 aromatic heterocycles. The van der Waals surface area contributed by atoms with Gasteiger partial charge in [-0.2, -0.15) is 0 Å². The predicted molar refractivity (Wildman–Crippen MR) is 111 cm³/mol. The van der Waals surface area contributed by atoms with E-state index in [4.69, 9.17) is 20.8 Å². The molecule has 0 saturated carbocycles. The van der Waals surface area contributed by atoms with Crippen molar-refractivity contribution in [1.82, 2.24) is 4.90 Å². The van der Waals surface area contributed by atoms with Crippen molar-refractivity contribution >= 4 is 29.1 Å². The number of amides is 1. The van der Waals surface area contributed by atoms with Crippen molar-refractivity contribution in [3.8, 4) is 5.75 Å². The van der Waals surface area contributed by atoms with E-state index in [9.17, 15) is 19.1 Å². The molecule has 1 atom stereocenters. The number of Topliss-reactive ketones (excluding diaryl/α,β-unsaturated/α-hetero) is 1. The largest absolute Gasteiger partial charge is 0.507 e. The van der Waals surface area contributed by atoms with Crippen LogP contribution in [0.5, 0.6) is 5.75 Å². The average Bonchev–Trinajstić information content (AvgIpc) is 3.36. The van der Waals surface area contributed by atoms with E-state index >= 15 is 0 Å². The second-order valence-corrected chi connectivity index (χ2v) is 7.28. The van der Waals surface area contributed by atoms with Crippen LogP contribution in [-0.2, 0) is 16.1 Å². The lowest BCUT2D eigenvalue weighted by molar-refractivity contribution is -0.140. The summed E-state index contributed by atoms with van der Waals surface area (Å²) in [4.78, 5) is 27.0. The van der Waals surface area contributed by atoms with Crippen LogP contribution in [0.1, 0.15) is 22.9 Å². The summed E-state index contributed by atoms with van der Waals surface area (Å²) in [5.74, 6) is -2.18. The van der Waals surface area contributed by atoms with Gasteiger partial charge in [0, 0.05) is 11.1 Å². The van der Waals surface area contributed by atoms with E-state index in [1.807, 2.05) is 0 Å². The smallest absolute Gasteiger partial charge is 0.296 e. The Hall–Kier alpha value is -3.58. The van der Waals surface area contributed by atoms with Gasteiger partial charge in [0.1, 0.15) is 23.1 Å². The number of carbonyl (C=O) groups excluding carboxylic acids is 2. The summed E-state index contributed by atoms with van der Waals surface area (Å²) in [6, 6.07) is 12.4. The number of furan rings is 1. The quantitative estimate of drug-likeness (QED) is 0.352. The summed E-state index contributed by atoms with van der Waals surface area (Å²) in [6.45, 7) is -0.0841. The number of methoxy groups -OCH3 is 1. The first kappa shape index (κ1) is 20.7. The number of hydrogen-bond donors (Lipinski definition) is 1. The molecule has 1 N–H and O–H groups in total. The van der Waals surface area contributed by atoms with Crippen molar-refractivity contribution in [2.75, 3.05) is 7.11 Å². The lowest BCUT2D eigenvalue weighted by atomic mass is 9.94. The molecular formula is C23H17ClFNO5. The molecule has 2 heterocycles. The molecule has 0 radical (unpaired) electrons. The fraction of sp³-hybridized carbons (Fsp3) is 0.130. The molecule has 31 heavy (non-hydrogen) atoms. The Morgan fingerprint density at radius 2 is 1.97 bits per heavy atom. The van der Waals surface area contributed by atoms with Gasteiger partial charge in [-0.3, -0.25) is 9.59 Å². The SMILES string of the molecule is COc1ccc(Cl)c(/C(O)=C2\C(=O)C(=O)N(Cc3ccco3)C2c2ccccc2F)c1. The molecule has 2 aromatic carbocycles. The molecule has 0 spiro atoms. The number of ketones is 1. The average molecular weight is 442 g/mol. The van der Waals surface area contributed by atoms with Crippen LogP contribution >= 0.6 is 11.6 Å². The van der Waals surface area contributed by atoms with Crippen LogP contribution in [0.4, 0.5) is 4.39 Å². The van der Waals surface area contributed by atoms with Crippen LogP contribution in [-0.4, -0.2) is 28.8 Å². The monoisotopic (exact) mass is 441 g/mol. The molecule has 0 bridgehead atoms. The van der Waals surface area contributed by atoms with Crippen molar-refractivity contribution in [2.24, 2.45) is 0 Å². The third-order valence-electron chi connectivity index (χ3n) is 5.07. The van der Waals surface area contributed by atoms with E-state index in [0.717, 1.165) is 0 Å². The Morgan fingerprint density at radius 3 is 2.65 bits per heavy atom. The number of carbonyl (C=O) groups is 2. The number of aliphatic hydroxyl groups is 1. The Kier molecular flexibility index (Phi) is 5.52. The van der Waals surface area contributed by atoms with Crippen molar-refractivity contribution in [2.45, 2.75) is 12.6 Å².